The minimum absolute atomic E-state index is 0.0163. The molecule has 0 amide bonds. The Balaban J connectivity index is 2.50. The van der Waals surface area contributed by atoms with E-state index in [1.165, 1.54) is 35.9 Å². The third kappa shape index (κ3) is 3.25. The van der Waals surface area contributed by atoms with Crippen LogP contribution in [-0.4, -0.2) is 21.6 Å². The molecule has 0 aliphatic heterocycles. The normalized spacial score (nSPS) is 10.4. The molecule has 21 heavy (non-hydrogen) atoms. The minimum Gasteiger partial charge on any atom is -0.468 e. The van der Waals surface area contributed by atoms with E-state index in [1.807, 2.05) is 0 Å². The van der Waals surface area contributed by atoms with E-state index in [4.69, 9.17) is 22.7 Å². The van der Waals surface area contributed by atoms with Gasteiger partial charge in [0.15, 0.2) is 0 Å². The lowest BCUT2D eigenvalue weighted by Gasteiger charge is -2.12. The summed E-state index contributed by atoms with van der Waals surface area (Å²) in [7, 11) is 1.40. The van der Waals surface area contributed by atoms with Gasteiger partial charge in [-0.25, -0.2) is 9.37 Å². The highest BCUT2D eigenvalue weighted by Gasteiger charge is 2.12. The second-order valence-corrected chi connectivity index (χ2v) is 4.92. The van der Waals surface area contributed by atoms with Crippen LogP contribution in [0, 0.1) is 12.7 Å². The molecule has 7 heteroatoms. The molecular weight excluding hydrogens is 293 g/mol. The number of nitrogens with two attached hydrogens (primary N) is 1. The van der Waals surface area contributed by atoms with E-state index in [9.17, 15) is 9.18 Å². The maximum absolute atomic E-state index is 13.9. The first kappa shape index (κ1) is 15.1. The number of methoxy groups -OCH3 is 1. The highest BCUT2D eigenvalue weighted by molar-refractivity contribution is 7.80. The summed E-state index contributed by atoms with van der Waals surface area (Å²) < 4.78 is 20.2. The number of thiocarbonyl (C=S) groups is 1. The number of rotatable bonds is 4. The molecule has 0 bridgehead atoms. The number of ether oxygens (including phenoxy) is 1. The molecule has 0 saturated carbocycles. The van der Waals surface area contributed by atoms with Gasteiger partial charge >= 0.3 is 0 Å². The van der Waals surface area contributed by atoms with E-state index >= 15 is 0 Å². The Labute approximate surface area is 126 Å². The average molecular weight is 307 g/mol. The molecule has 0 fully saturated rings. The van der Waals surface area contributed by atoms with Crippen LogP contribution in [0.25, 0.3) is 0 Å². The van der Waals surface area contributed by atoms with Gasteiger partial charge < -0.3 is 10.5 Å². The Morgan fingerprint density at radius 2 is 2.19 bits per heavy atom. The fourth-order valence-electron chi connectivity index (χ4n) is 1.92. The Hall–Kier alpha value is -2.28. The number of hydrogen-bond acceptors (Lipinski definition) is 4. The molecule has 2 N–H and O–H groups in total. The SMILES string of the molecule is COc1nc(C)cc(=O)n1Cc1cc(C(N)=S)ccc1F. The largest absolute Gasteiger partial charge is 0.468 e. The molecule has 0 radical (unpaired) electrons. The van der Waals surface area contributed by atoms with Crippen LogP contribution in [0.2, 0.25) is 0 Å². The topological polar surface area (TPSA) is 70.1 Å². The van der Waals surface area contributed by atoms with Crippen LogP contribution < -0.4 is 16.0 Å². The van der Waals surface area contributed by atoms with Gasteiger partial charge in [-0.1, -0.05) is 12.2 Å². The van der Waals surface area contributed by atoms with Crippen molar-refractivity contribution in [2.45, 2.75) is 13.5 Å². The van der Waals surface area contributed by atoms with Gasteiger partial charge in [-0.3, -0.25) is 9.36 Å². The fourth-order valence-corrected chi connectivity index (χ4v) is 2.04. The average Bonchev–Trinajstić information content (AvgIpc) is 2.43. The van der Waals surface area contributed by atoms with Gasteiger partial charge in [0.2, 0.25) is 0 Å². The molecule has 1 aromatic heterocycles. The molecule has 2 rings (SSSR count). The first-order chi connectivity index (χ1) is 9.92. The van der Waals surface area contributed by atoms with Gasteiger partial charge in [0.05, 0.1) is 13.7 Å². The van der Waals surface area contributed by atoms with E-state index in [-0.39, 0.29) is 28.7 Å². The van der Waals surface area contributed by atoms with E-state index in [0.717, 1.165) is 0 Å². The minimum atomic E-state index is -0.454. The molecule has 1 heterocycles. The monoisotopic (exact) mass is 307 g/mol. The lowest BCUT2D eigenvalue weighted by molar-refractivity contribution is 0.349. The molecule has 1 aromatic carbocycles. The van der Waals surface area contributed by atoms with E-state index < -0.39 is 5.82 Å². The van der Waals surface area contributed by atoms with Gasteiger partial charge in [0.25, 0.3) is 11.6 Å². The summed E-state index contributed by atoms with van der Waals surface area (Å²) in [4.78, 5) is 16.3. The molecule has 110 valence electrons. The highest BCUT2D eigenvalue weighted by atomic mass is 32.1. The molecule has 0 spiro atoms. The lowest BCUT2D eigenvalue weighted by atomic mass is 10.1. The molecule has 0 atom stereocenters. The van der Waals surface area contributed by atoms with Crippen LogP contribution in [0.1, 0.15) is 16.8 Å². The third-order valence-electron chi connectivity index (χ3n) is 2.94. The van der Waals surface area contributed by atoms with Crippen LogP contribution in [0.15, 0.2) is 29.1 Å². The van der Waals surface area contributed by atoms with Gasteiger partial charge in [-0.05, 0) is 25.1 Å². The molecule has 0 unspecified atom stereocenters. The summed E-state index contributed by atoms with van der Waals surface area (Å²) in [6.45, 7) is 1.67. The first-order valence-corrected chi connectivity index (χ1v) is 6.54. The van der Waals surface area contributed by atoms with Crippen molar-refractivity contribution in [2.75, 3.05) is 7.11 Å². The van der Waals surface area contributed by atoms with Crippen molar-refractivity contribution in [1.29, 1.82) is 0 Å². The predicted molar refractivity (Wildman–Crippen MR) is 81.2 cm³/mol. The molecule has 0 aliphatic rings. The number of benzene rings is 1. The summed E-state index contributed by atoms with van der Waals surface area (Å²) in [6, 6.07) is 5.76. The van der Waals surface area contributed by atoms with Gasteiger partial charge in [-0.2, -0.15) is 0 Å². The zero-order chi connectivity index (χ0) is 15.6. The molecule has 0 saturated heterocycles. The number of aromatic nitrogens is 2. The van der Waals surface area contributed by atoms with Crippen molar-refractivity contribution in [3.63, 3.8) is 0 Å². The van der Waals surface area contributed by atoms with Crippen molar-refractivity contribution in [1.82, 2.24) is 9.55 Å². The number of hydrogen-bond donors (Lipinski definition) is 1. The van der Waals surface area contributed by atoms with Crippen LogP contribution in [0.3, 0.4) is 0 Å². The van der Waals surface area contributed by atoms with E-state index in [2.05, 4.69) is 4.98 Å². The highest BCUT2D eigenvalue weighted by Crippen LogP contribution is 2.14. The van der Waals surface area contributed by atoms with E-state index in [1.54, 1.807) is 6.92 Å². The van der Waals surface area contributed by atoms with Crippen LogP contribution in [-0.2, 0) is 6.54 Å². The summed E-state index contributed by atoms with van der Waals surface area (Å²) in [5.74, 6) is -0.454. The summed E-state index contributed by atoms with van der Waals surface area (Å²) in [5.41, 5.74) is 6.57. The maximum atomic E-state index is 13.9. The second-order valence-electron chi connectivity index (χ2n) is 4.48. The van der Waals surface area contributed by atoms with Crippen LogP contribution in [0.4, 0.5) is 4.39 Å². The fraction of sp³-hybridized carbons (Fsp3) is 0.214. The summed E-state index contributed by atoms with van der Waals surface area (Å²) in [6.07, 6.45) is 0. The van der Waals surface area contributed by atoms with Crippen molar-refractivity contribution >= 4 is 17.2 Å². The smallest absolute Gasteiger partial charge is 0.299 e. The van der Waals surface area contributed by atoms with Crippen molar-refractivity contribution in [3.8, 4) is 6.01 Å². The number of nitrogens with zero attached hydrogens (tertiary/aromatic N) is 2. The summed E-state index contributed by atoms with van der Waals surface area (Å²) in [5, 5.41) is 0. The Kier molecular flexibility index (Phi) is 4.32. The van der Waals surface area contributed by atoms with E-state index in [0.29, 0.717) is 11.3 Å². The standard InChI is InChI=1S/C14H14FN3O2S/c1-8-5-12(19)18(14(17-8)20-2)7-10-6-9(13(16)21)3-4-11(10)15/h3-6H,7H2,1-2H3,(H2,16,21). The number of halogens is 1. The van der Waals surface area contributed by atoms with Gasteiger partial charge in [-0.15, -0.1) is 0 Å². The zero-order valence-corrected chi connectivity index (χ0v) is 12.4. The first-order valence-electron chi connectivity index (χ1n) is 6.13. The molecular formula is C14H14FN3O2S. The van der Waals surface area contributed by atoms with Crippen molar-refractivity contribution in [2.24, 2.45) is 5.73 Å². The van der Waals surface area contributed by atoms with Gasteiger partial charge in [0.1, 0.15) is 10.8 Å². The second kappa shape index (κ2) is 6.01. The zero-order valence-electron chi connectivity index (χ0n) is 11.6. The van der Waals surface area contributed by atoms with Crippen molar-refractivity contribution in [3.05, 3.63) is 57.3 Å². The predicted octanol–water partition coefficient (Wildman–Crippen LogP) is 1.38. The summed E-state index contributed by atoms with van der Waals surface area (Å²) >= 11 is 4.87. The third-order valence-corrected chi connectivity index (χ3v) is 3.18. The Morgan fingerprint density at radius 1 is 1.48 bits per heavy atom. The molecule has 5 nitrogen and oxygen atoms in total. The lowest BCUT2D eigenvalue weighted by Crippen LogP contribution is -2.24. The number of aryl methyl sites for hydroxylation is 1. The Morgan fingerprint density at radius 3 is 2.81 bits per heavy atom. The van der Waals surface area contributed by atoms with Crippen LogP contribution >= 0.6 is 12.2 Å². The maximum Gasteiger partial charge on any atom is 0.299 e. The van der Waals surface area contributed by atoms with Crippen molar-refractivity contribution < 1.29 is 9.13 Å². The van der Waals surface area contributed by atoms with Crippen LogP contribution in [0.5, 0.6) is 6.01 Å². The van der Waals surface area contributed by atoms with Gasteiger partial charge in [0, 0.05) is 22.9 Å². The Bertz CT molecular complexity index is 758. The molecule has 2 aromatic rings. The quantitative estimate of drug-likeness (QED) is 0.864. The molecule has 0 aliphatic carbocycles.